The Morgan fingerprint density at radius 3 is 1.38 bits per heavy atom. The van der Waals surface area contributed by atoms with E-state index in [4.69, 9.17) is 19.7 Å². The molecule has 0 bridgehead atoms. The second-order valence-corrected chi connectivity index (χ2v) is 8.82. The van der Waals surface area contributed by atoms with Gasteiger partial charge in [-0.25, -0.2) is 26.3 Å². The Labute approximate surface area is 212 Å². The van der Waals surface area contributed by atoms with Crippen molar-refractivity contribution >= 4 is 0 Å². The molecule has 0 fully saturated rings. The third-order valence-corrected chi connectivity index (χ3v) is 4.45. The van der Waals surface area contributed by atoms with Gasteiger partial charge < -0.3 is 44.1 Å². The van der Waals surface area contributed by atoms with E-state index in [1.807, 2.05) is 0 Å². The molecule has 4 N–H and O–H groups in total. The number of alkyl halides is 6. The molecule has 0 aromatic heterocycles. The van der Waals surface area contributed by atoms with Crippen LogP contribution in [0.2, 0.25) is 0 Å². The molecule has 0 saturated carbocycles. The molecular weight excluding hydrogens is 522 g/mol. The van der Waals surface area contributed by atoms with E-state index in [9.17, 15) is 36.6 Å². The molecule has 0 rings (SSSR count). The van der Waals surface area contributed by atoms with Gasteiger partial charge in [-0.15, -0.1) is 0 Å². The fourth-order valence-electron chi connectivity index (χ4n) is 2.75. The monoisotopic (exact) mass is 562 g/mol. The molecular formula is C22H40F6O9. The smallest absolute Gasteiger partial charge is 0.293 e. The summed E-state index contributed by atoms with van der Waals surface area (Å²) in [6.07, 6.45) is -0.651. The zero-order valence-corrected chi connectivity index (χ0v) is 20.9. The van der Waals surface area contributed by atoms with Gasteiger partial charge in [-0.3, -0.25) is 0 Å². The van der Waals surface area contributed by atoms with Crippen molar-refractivity contribution < 1.29 is 70.5 Å². The lowest BCUT2D eigenvalue weighted by Crippen LogP contribution is -2.38. The molecule has 0 amide bonds. The predicted molar refractivity (Wildman–Crippen MR) is 118 cm³/mol. The van der Waals surface area contributed by atoms with Crippen LogP contribution in [0.4, 0.5) is 26.3 Å². The number of aliphatic hydroxyl groups is 4. The van der Waals surface area contributed by atoms with Crippen molar-refractivity contribution in [2.24, 2.45) is 0 Å². The fourth-order valence-corrected chi connectivity index (χ4v) is 2.75. The first-order valence-electron chi connectivity index (χ1n) is 11.9. The van der Waals surface area contributed by atoms with Gasteiger partial charge in [0.05, 0.1) is 45.2 Å². The molecule has 0 spiro atoms. The largest absolute Gasteiger partial charge is 0.394 e. The molecule has 0 aromatic carbocycles. The van der Waals surface area contributed by atoms with E-state index in [0.29, 0.717) is 19.3 Å². The first kappa shape index (κ1) is 36.2. The first-order chi connectivity index (χ1) is 17.2. The molecule has 0 aliphatic heterocycles. The van der Waals surface area contributed by atoms with Crippen LogP contribution < -0.4 is 0 Å². The van der Waals surface area contributed by atoms with E-state index in [0.717, 1.165) is 0 Å². The summed E-state index contributed by atoms with van der Waals surface area (Å²) in [7, 11) is 0. The molecule has 0 heterocycles. The molecule has 3 unspecified atom stereocenters. The van der Waals surface area contributed by atoms with Gasteiger partial charge in [-0.2, -0.15) is 0 Å². The van der Waals surface area contributed by atoms with Gasteiger partial charge in [-0.05, 0) is 19.8 Å². The summed E-state index contributed by atoms with van der Waals surface area (Å²) in [6, 6.07) is 0. The maximum Gasteiger partial charge on any atom is 0.293 e. The molecule has 9 nitrogen and oxygen atoms in total. The standard InChI is InChI=1S/C22H40F6O9/c1-17(30)4-2-3-5-18(31)8-34-11-20(23,24)13-36-15-22(27,28)16-37-14-21(25,26)12-35-10-19(32)9-33-7-6-29/h17-19,29-32H,2-16H2,1H3. The van der Waals surface area contributed by atoms with Gasteiger partial charge in [0.25, 0.3) is 17.8 Å². The van der Waals surface area contributed by atoms with Crippen LogP contribution in [0, 0.1) is 0 Å². The lowest BCUT2D eigenvalue weighted by atomic mass is 10.1. The summed E-state index contributed by atoms with van der Waals surface area (Å²) >= 11 is 0. The van der Waals surface area contributed by atoms with Crippen LogP contribution >= 0.6 is 0 Å². The average Bonchev–Trinajstić information content (AvgIpc) is 2.76. The highest BCUT2D eigenvalue weighted by Gasteiger charge is 2.37. The molecule has 3 atom stereocenters. The summed E-state index contributed by atoms with van der Waals surface area (Å²) in [4.78, 5) is 0. The third kappa shape index (κ3) is 22.9. The number of rotatable bonds is 25. The highest BCUT2D eigenvalue weighted by molar-refractivity contribution is 4.71. The van der Waals surface area contributed by atoms with E-state index < -0.39 is 82.3 Å². The van der Waals surface area contributed by atoms with Crippen molar-refractivity contribution in [3.63, 3.8) is 0 Å². The molecule has 0 saturated heterocycles. The molecule has 224 valence electrons. The van der Waals surface area contributed by atoms with Crippen LogP contribution in [-0.2, 0) is 23.7 Å². The minimum absolute atomic E-state index is 0.0542. The number of hydrogen-bond donors (Lipinski definition) is 4. The van der Waals surface area contributed by atoms with E-state index in [1.54, 1.807) is 6.92 Å². The maximum absolute atomic E-state index is 13.7. The van der Waals surface area contributed by atoms with Crippen molar-refractivity contribution in [1.29, 1.82) is 0 Å². The normalized spacial score (nSPS) is 15.6. The van der Waals surface area contributed by atoms with Crippen LogP contribution in [0.15, 0.2) is 0 Å². The summed E-state index contributed by atoms with van der Waals surface area (Å²) in [6.45, 7) is -8.15. The minimum atomic E-state index is -3.82. The summed E-state index contributed by atoms with van der Waals surface area (Å²) < 4.78 is 105. The lowest BCUT2D eigenvalue weighted by Gasteiger charge is -2.22. The number of halogens is 6. The highest BCUT2D eigenvalue weighted by atomic mass is 19.3. The van der Waals surface area contributed by atoms with Gasteiger partial charge in [0.15, 0.2) is 0 Å². The second-order valence-electron chi connectivity index (χ2n) is 8.82. The van der Waals surface area contributed by atoms with Crippen molar-refractivity contribution in [3.05, 3.63) is 0 Å². The minimum Gasteiger partial charge on any atom is -0.394 e. The van der Waals surface area contributed by atoms with Crippen molar-refractivity contribution in [3.8, 4) is 0 Å². The SMILES string of the molecule is CC(O)CCCCC(O)COCC(F)(F)COCC(F)(F)COCC(F)(F)COCC(O)COCCO. The van der Waals surface area contributed by atoms with Crippen LogP contribution in [0.3, 0.4) is 0 Å². The molecule has 0 aliphatic rings. The number of ether oxygens (including phenoxy) is 5. The molecule has 0 aromatic rings. The fraction of sp³-hybridized carbons (Fsp3) is 1.00. The Morgan fingerprint density at radius 1 is 0.568 bits per heavy atom. The van der Waals surface area contributed by atoms with E-state index >= 15 is 0 Å². The Kier molecular flexibility index (Phi) is 18.9. The molecule has 15 heteroatoms. The third-order valence-electron chi connectivity index (χ3n) is 4.45. The van der Waals surface area contributed by atoms with Crippen molar-refractivity contribution in [2.75, 3.05) is 72.7 Å². The molecule has 0 aliphatic carbocycles. The van der Waals surface area contributed by atoms with Gasteiger partial charge >= 0.3 is 0 Å². The quantitative estimate of drug-likeness (QED) is 0.0970. The Hall–Kier alpha value is -0.780. The average molecular weight is 563 g/mol. The lowest BCUT2D eigenvalue weighted by molar-refractivity contribution is -0.185. The van der Waals surface area contributed by atoms with Crippen LogP contribution in [0.5, 0.6) is 0 Å². The first-order valence-corrected chi connectivity index (χ1v) is 11.9. The number of aliphatic hydroxyl groups excluding tert-OH is 4. The van der Waals surface area contributed by atoms with E-state index in [2.05, 4.69) is 14.2 Å². The van der Waals surface area contributed by atoms with Crippen molar-refractivity contribution in [2.45, 2.75) is 68.7 Å². The van der Waals surface area contributed by atoms with Gasteiger partial charge in [0, 0.05) is 0 Å². The highest BCUT2D eigenvalue weighted by Crippen LogP contribution is 2.21. The topological polar surface area (TPSA) is 127 Å². The second kappa shape index (κ2) is 19.3. The van der Waals surface area contributed by atoms with E-state index in [1.165, 1.54) is 0 Å². The zero-order chi connectivity index (χ0) is 28.4. The van der Waals surface area contributed by atoms with Crippen molar-refractivity contribution in [1.82, 2.24) is 0 Å². The Bertz CT molecular complexity index is 559. The number of unbranched alkanes of at least 4 members (excludes halogenated alkanes) is 1. The molecule has 37 heavy (non-hydrogen) atoms. The Balaban J connectivity index is 4.05. The Morgan fingerprint density at radius 2 is 0.946 bits per heavy atom. The van der Waals surface area contributed by atoms with Crippen LogP contribution in [-0.4, -0.2) is 129 Å². The number of hydrogen-bond acceptors (Lipinski definition) is 9. The van der Waals surface area contributed by atoms with Gasteiger partial charge in [0.2, 0.25) is 0 Å². The van der Waals surface area contributed by atoms with E-state index in [-0.39, 0.29) is 32.8 Å². The summed E-state index contributed by atoms with van der Waals surface area (Å²) in [5, 5.41) is 36.7. The zero-order valence-electron chi connectivity index (χ0n) is 20.9. The maximum atomic E-state index is 13.7. The van der Waals surface area contributed by atoms with Crippen LogP contribution in [0.25, 0.3) is 0 Å². The van der Waals surface area contributed by atoms with Crippen LogP contribution in [0.1, 0.15) is 32.6 Å². The van der Waals surface area contributed by atoms with Gasteiger partial charge in [-0.1, -0.05) is 12.8 Å². The van der Waals surface area contributed by atoms with Gasteiger partial charge in [0.1, 0.15) is 45.7 Å². The predicted octanol–water partition coefficient (Wildman–Crippen LogP) is 1.63. The molecule has 0 radical (unpaired) electrons. The summed E-state index contributed by atoms with van der Waals surface area (Å²) in [5.41, 5.74) is 0. The summed E-state index contributed by atoms with van der Waals surface area (Å²) in [5.74, 6) is -11.1.